The Morgan fingerprint density at radius 2 is 1.67 bits per heavy atom. The van der Waals surface area contributed by atoms with Crippen molar-refractivity contribution in [3.8, 4) is 11.5 Å². The minimum absolute atomic E-state index is 0.0427. The summed E-state index contributed by atoms with van der Waals surface area (Å²) in [5, 5.41) is 3.17. The first kappa shape index (κ1) is 21.6. The number of hydrogen-bond donors (Lipinski definition) is 2. The van der Waals surface area contributed by atoms with Gasteiger partial charge in [-0.05, 0) is 55.5 Å². The van der Waals surface area contributed by atoms with Crippen molar-refractivity contribution < 1.29 is 19.1 Å². The summed E-state index contributed by atoms with van der Waals surface area (Å²) in [5.41, 5.74) is 5.79. The summed E-state index contributed by atoms with van der Waals surface area (Å²) in [6, 6.07) is 13.7. The van der Waals surface area contributed by atoms with Crippen LogP contribution < -0.4 is 20.3 Å². The number of halogens is 1. The molecule has 0 aliphatic rings. The molecule has 0 unspecified atom stereocenters. The summed E-state index contributed by atoms with van der Waals surface area (Å²) in [6.45, 7) is 2.73. The molecule has 0 radical (unpaired) electrons. The van der Waals surface area contributed by atoms with Gasteiger partial charge in [0.1, 0.15) is 23.1 Å². The van der Waals surface area contributed by atoms with Crippen LogP contribution in [0.5, 0.6) is 11.5 Å². The van der Waals surface area contributed by atoms with Crippen LogP contribution in [-0.4, -0.2) is 23.4 Å². The molecule has 0 spiro atoms. The third kappa shape index (κ3) is 6.47. The first-order valence-corrected chi connectivity index (χ1v) is 10.4. The third-order valence-corrected chi connectivity index (χ3v) is 4.98. The van der Waals surface area contributed by atoms with E-state index in [1.54, 1.807) is 53.9 Å². The number of nitrogens with zero attached hydrogens (tertiary/aromatic N) is 1. The van der Waals surface area contributed by atoms with Crippen molar-refractivity contribution in [2.75, 3.05) is 6.61 Å². The zero-order chi connectivity index (χ0) is 21.3. The maximum absolute atomic E-state index is 12.1. The van der Waals surface area contributed by atoms with Crippen molar-refractivity contribution in [1.82, 2.24) is 15.8 Å². The fourth-order valence-corrected chi connectivity index (χ4v) is 3.28. The van der Waals surface area contributed by atoms with Gasteiger partial charge in [0.15, 0.2) is 0 Å². The maximum Gasteiger partial charge on any atom is 0.269 e. The molecule has 3 rings (SSSR count). The summed E-state index contributed by atoms with van der Waals surface area (Å²) >= 11 is 7.24. The Kier molecular flexibility index (Phi) is 7.64. The van der Waals surface area contributed by atoms with Crippen LogP contribution in [0.1, 0.15) is 28.0 Å². The largest absolute Gasteiger partial charge is 0.494 e. The zero-order valence-electron chi connectivity index (χ0n) is 16.2. The van der Waals surface area contributed by atoms with Crippen LogP contribution >= 0.6 is 22.9 Å². The number of hydrazine groups is 1. The van der Waals surface area contributed by atoms with Crippen LogP contribution in [0.15, 0.2) is 53.9 Å². The molecule has 2 N–H and O–H groups in total. The molecule has 2 aromatic carbocycles. The smallest absolute Gasteiger partial charge is 0.269 e. The second-order valence-electron chi connectivity index (χ2n) is 6.11. The average molecular weight is 446 g/mol. The van der Waals surface area contributed by atoms with E-state index >= 15 is 0 Å². The number of carbonyl (C=O) groups excluding carboxylic acids is 2. The molecular weight excluding hydrogens is 426 g/mol. The van der Waals surface area contributed by atoms with Gasteiger partial charge in [0.2, 0.25) is 5.91 Å². The van der Waals surface area contributed by atoms with Crippen LogP contribution in [0.2, 0.25) is 5.02 Å². The number of aromatic nitrogens is 1. The van der Waals surface area contributed by atoms with Gasteiger partial charge in [-0.1, -0.05) is 11.6 Å². The highest BCUT2D eigenvalue weighted by Gasteiger charge is 2.11. The molecule has 0 saturated heterocycles. The van der Waals surface area contributed by atoms with Crippen molar-refractivity contribution in [3.63, 3.8) is 0 Å². The topological polar surface area (TPSA) is 89.6 Å². The first-order valence-electron chi connectivity index (χ1n) is 9.17. The number of benzene rings is 2. The van der Waals surface area contributed by atoms with Gasteiger partial charge in [-0.3, -0.25) is 20.4 Å². The van der Waals surface area contributed by atoms with E-state index in [4.69, 9.17) is 21.1 Å². The molecule has 3 aromatic rings. The van der Waals surface area contributed by atoms with Crippen LogP contribution in [0, 0.1) is 0 Å². The lowest BCUT2D eigenvalue weighted by molar-refractivity contribution is -0.121. The molecule has 0 fully saturated rings. The lowest BCUT2D eigenvalue weighted by atomic mass is 10.2. The fourth-order valence-electron chi connectivity index (χ4n) is 2.45. The number of nitrogens with one attached hydrogen (secondary N) is 2. The monoisotopic (exact) mass is 445 g/mol. The van der Waals surface area contributed by atoms with Gasteiger partial charge in [0, 0.05) is 16.0 Å². The van der Waals surface area contributed by atoms with E-state index in [2.05, 4.69) is 15.8 Å². The number of carbonyl (C=O) groups is 2. The van der Waals surface area contributed by atoms with Crippen molar-refractivity contribution >= 4 is 34.8 Å². The number of amides is 2. The van der Waals surface area contributed by atoms with E-state index in [1.165, 1.54) is 11.3 Å². The summed E-state index contributed by atoms with van der Waals surface area (Å²) in [7, 11) is 0. The zero-order valence-corrected chi connectivity index (χ0v) is 17.8. The summed E-state index contributed by atoms with van der Waals surface area (Å²) in [5.74, 6) is 0.579. The summed E-state index contributed by atoms with van der Waals surface area (Å²) in [6.07, 6.45) is 0.0427. The van der Waals surface area contributed by atoms with E-state index in [9.17, 15) is 9.59 Å². The van der Waals surface area contributed by atoms with Crippen LogP contribution in [0.3, 0.4) is 0 Å². The SMILES string of the molecule is CCOc1ccc(C(=O)NNC(=O)Cc2csc(COc3ccc(Cl)cc3)n2)cc1. The van der Waals surface area contributed by atoms with Gasteiger partial charge in [-0.25, -0.2) is 4.98 Å². The Morgan fingerprint density at radius 3 is 2.37 bits per heavy atom. The highest BCUT2D eigenvalue weighted by molar-refractivity contribution is 7.09. The lowest BCUT2D eigenvalue weighted by Gasteiger charge is -2.08. The Balaban J connectivity index is 1.43. The minimum atomic E-state index is -0.415. The van der Waals surface area contributed by atoms with E-state index in [-0.39, 0.29) is 12.3 Å². The third-order valence-electron chi connectivity index (χ3n) is 3.86. The van der Waals surface area contributed by atoms with Crippen LogP contribution in [0.4, 0.5) is 0 Å². The number of hydrogen-bond acceptors (Lipinski definition) is 6. The van der Waals surface area contributed by atoms with Gasteiger partial charge < -0.3 is 9.47 Å². The van der Waals surface area contributed by atoms with Gasteiger partial charge >= 0.3 is 0 Å². The number of thiazole rings is 1. The maximum atomic E-state index is 12.1. The molecule has 156 valence electrons. The second kappa shape index (κ2) is 10.6. The molecule has 0 atom stereocenters. The number of rotatable bonds is 8. The Morgan fingerprint density at radius 1 is 1.00 bits per heavy atom. The first-order chi connectivity index (χ1) is 14.5. The highest BCUT2D eigenvalue weighted by Crippen LogP contribution is 2.18. The predicted octanol–water partition coefficient (Wildman–Crippen LogP) is 3.78. The standard InChI is InChI=1S/C21H20ClN3O4S/c1-2-28-17-7-3-14(4-8-17)21(27)25-24-19(26)11-16-13-30-20(23-16)12-29-18-9-5-15(22)6-10-18/h3-10,13H,2,11-12H2,1H3,(H,24,26)(H,25,27). The molecule has 2 amide bonds. The van der Waals surface area contributed by atoms with Crippen LogP contribution in [0.25, 0.3) is 0 Å². The van der Waals surface area contributed by atoms with Gasteiger partial charge in [0.25, 0.3) is 5.91 Å². The van der Waals surface area contributed by atoms with Gasteiger partial charge in [-0.2, -0.15) is 0 Å². The van der Waals surface area contributed by atoms with Crippen molar-refractivity contribution in [1.29, 1.82) is 0 Å². The second-order valence-corrected chi connectivity index (χ2v) is 7.49. The Labute approximate surface area is 183 Å². The minimum Gasteiger partial charge on any atom is -0.494 e. The molecule has 7 nitrogen and oxygen atoms in total. The predicted molar refractivity (Wildman–Crippen MR) is 115 cm³/mol. The molecule has 0 aliphatic carbocycles. The highest BCUT2D eigenvalue weighted by atomic mass is 35.5. The van der Waals surface area contributed by atoms with Crippen molar-refractivity contribution in [2.45, 2.75) is 20.0 Å². The molecule has 0 bridgehead atoms. The van der Waals surface area contributed by atoms with E-state index in [0.29, 0.717) is 41.0 Å². The Hall–Kier alpha value is -3.10. The molecule has 9 heteroatoms. The molecule has 30 heavy (non-hydrogen) atoms. The molecule has 1 heterocycles. The Bertz CT molecular complexity index is 990. The van der Waals surface area contributed by atoms with E-state index < -0.39 is 5.91 Å². The molecule has 1 aromatic heterocycles. The van der Waals surface area contributed by atoms with Crippen LogP contribution in [-0.2, 0) is 17.8 Å². The number of ether oxygens (including phenoxy) is 2. The summed E-state index contributed by atoms with van der Waals surface area (Å²) in [4.78, 5) is 28.6. The molecule has 0 saturated carbocycles. The summed E-state index contributed by atoms with van der Waals surface area (Å²) < 4.78 is 11.0. The quantitative estimate of drug-likeness (QED) is 0.515. The van der Waals surface area contributed by atoms with Gasteiger partial charge in [-0.15, -0.1) is 11.3 Å². The van der Waals surface area contributed by atoms with E-state index in [0.717, 1.165) is 5.01 Å². The normalized spacial score (nSPS) is 10.3. The molecule has 0 aliphatic heterocycles. The average Bonchev–Trinajstić information content (AvgIpc) is 3.19. The van der Waals surface area contributed by atoms with Crippen molar-refractivity contribution in [3.05, 3.63) is 75.2 Å². The fraction of sp³-hybridized carbons (Fsp3) is 0.190. The lowest BCUT2D eigenvalue weighted by Crippen LogP contribution is -2.42. The van der Waals surface area contributed by atoms with Crippen molar-refractivity contribution in [2.24, 2.45) is 0 Å². The molecular formula is C21H20ClN3O4S. The van der Waals surface area contributed by atoms with Gasteiger partial charge in [0.05, 0.1) is 18.7 Å². The van der Waals surface area contributed by atoms with E-state index in [1.807, 2.05) is 6.92 Å².